The van der Waals surface area contributed by atoms with Crippen LogP contribution in [0.2, 0.25) is 0 Å². The van der Waals surface area contributed by atoms with Crippen LogP contribution >= 0.6 is 0 Å². The van der Waals surface area contributed by atoms with Gasteiger partial charge in [0.05, 0.1) is 7.11 Å². The van der Waals surface area contributed by atoms with Crippen molar-refractivity contribution < 1.29 is 14.3 Å². The molecule has 0 fully saturated rings. The minimum Gasteiger partial charge on any atom is -0.496 e. The van der Waals surface area contributed by atoms with E-state index in [9.17, 15) is 9.59 Å². The van der Waals surface area contributed by atoms with Crippen LogP contribution in [0.25, 0.3) is 0 Å². The third kappa shape index (κ3) is 5.45. The molecule has 0 aliphatic carbocycles. The van der Waals surface area contributed by atoms with Gasteiger partial charge in [-0.2, -0.15) is 0 Å². The van der Waals surface area contributed by atoms with Crippen LogP contribution in [0.15, 0.2) is 84.9 Å². The number of methoxy groups -OCH3 is 1. The third-order valence-electron chi connectivity index (χ3n) is 4.71. The van der Waals surface area contributed by atoms with E-state index in [0.717, 1.165) is 16.7 Å². The average molecular weight is 388 g/mol. The molecular formula is C24H24N2O3. The molecule has 5 nitrogen and oxygen atoms in total. The van der Waals surface area contributed by atoms with Gasteiger partial charge >= 0.3 is 11.8 Å². The average Bonchev–Trinajstić information content (AvgIpc) is 2.79. The molecule has 148 valence electrons. The number of hydrogen-bond donors (Lipinski definition) is 2. The molecule has 3 aromatic carbocycles. The van der Waals surface area contributed by atoms with Crippen molar-refractivity contribution in [3.8, 4) is 5.75 Å². The summed E-state index contributed by atoms with van der Waals surface area (Å²) in [7, 11) is 1.57. The van der Waals surface area contributed by atoms with Gasteiger partial charge in [0, 0.05) is 24.6 Å². The van der Waals surface area contributed by atoms with E-state index in [-0.39, 0.29) is 12.5 Å². The monoisotopic (exact) mass is 388 g/mol. The zero-order valence-electron chi connectivity index (χ0n) is 16.3. The van der Waals surface area contributed by atoms with Crippen LogP contribution in [0.4, 0.5) is 0 Å². The molecule has 0 atom stereocenters. The van der Waals surface area contributed by atoms with Gasteiger partial charge in [0.2, 0.25) is 0 Å². The van der Waals surface area contributed by atoms with E-state index in [1.807, 2.05) is 84.9 Å². The summed E-state index contributed by atoms with van der Waals surface area (Å²) in [6.07, 6.45) is 0. The number of hydrogen-bond acceptors (Lipinski definition) is 3. The fourth-order valence-electron chi connectivity index (χ4n) is 3.18. The van der Waals surface area contributed by atoms with Crippen molar-refractivity contribution in [1.29, 1.82) is 0 Å². The smallest absolute Gasteiger partial charge is 0.309 e. The predicted octanol–water partition coefficient (Wildman–Crippen LogP) is 3.26. The number of carbonyl (C=O) groups excluding carboxylic acids is 2. The summed E-state index contributed by atoms with van der Waals surface area (Å²) < 4.78 is 5.26. The highest BCUT2D eigenvalue weighted by Gasteiger charge is 2.18. The van der Waals surface area contributed by atoms with E-state index < -0.39 is 11.8 Å². The van der Waals surface area contributed by atoms with Gasteiger partial charge in [0.25, 0.3) is 0 Å². The Morgan fingerprint density at radius 2 is 1.28 bits per heavy atom. The molecule has 29 heavy (non-hydrogen) atoms. The first kappa shape index (κ1) is 20.1. The summed E-state index contributed by atoms with van der Waals surface area (Å²) in [5.41, 5.74) is 2.96. The second-order valence-corrected chi connectivity index (χ2v) is 6.58. The number of carbonyl (C=O) groups is 2. The Labute approximate surface area is 170 Å². The number of benzene rings is 3. The number of nitrogens with one attached hydrogen (secondary N) is 2. The van der Waals surface area contributed by atoms with Gasteiger partial charge in [-0.1, -0.05) is 78.9 Å². The van der Waals surface area contributed by atoms with Crippen molar-refractivity contribution in [3.05, 3.63) is 102 Å². The van der Waals surface area contributed by atoms with Gasteiger partial charge in [-0.15, -0.1) is 0 Å². The summed E-state index contributed by atoms with van der Waals surface area (Å²) in [4.78, 5) is 24.6. The lowest BCUT2D eigenvalue weighted by molar-refractivity contribution is -0.139. The molecule has 0 bridgehead atoms. The number of ether oxygens (including phenoxy) is 1. The summed E-state index contributed by atoms with van der Waals surface area (Å²) in [5, 5.41) is 5.41. The molecule has 0 saturated heterocycles. The molecule has 0 aliphatic rings. The molecule has 0 unspecified atom stereocenters. The van der Waals surface area contributed by atoms with Crippen molar-refractivity contribution >= 4 is 11.8 Å². The molecule has 2 amide bonds. The maximum atomic E-state index is 12.3. The largest absolute Gasteiger partial charge is 0.496 e. The second-order valence-electron chi connectivity index (χ2n) is 6.58. The van der Waals surface area contributed by atoms with Gasteiger partial charge < -0.3 is 15.4 Å². The molecule has 0 spiro atoms. The first-order chi connectivity index (χ1) is 14.2. The van der Waals surface area contributed by atoms with Gasteiger partial charge in [-0.3, -0.25) is 9.59 Å². The molecule has 3 aromatic rings. The standard InChI is InChI=1S/C24H24N2O3/c1-29-22-15-9-8-14-20(22)16-25-23(27)24(28)26-17-21(18-10-4-2-5-11-18)19-12-6-3-7-13-19/h2-15,21H,16-17H2,1H3,(H,25,27)(H,26,28). The minimum absolute atomic E-state index is 0.0385. The Hall–Kier alpha value is -3.60. The van der Waals surface area contributed by atoms with E-state index in [1.54, 1.807) is 7.11 Å². The summed E-state index contributed by atoms with van der Waals surface area (Å²) in [6.45, 7) is 0.548. The van der Waals surface area contributed by atoms with E-state index in [4.69, 9.17) is 4.74 Å². The zero-order valence-corrected chi connectivity index (χ0v) is 16.3. The lowest BCUT2D eigenvalue weighted by atomic mass is 9.91. The van der Waals surface area contributed by atoms with Crippen molar-refractivity contribution in [2.75, 3.05) is 13.7 Å². The van der Waals surface area contributed by atoms with Crippen molar-refractivity contribution in [2.45, 2.75) is 12.5 Å². The molecule has 0 aromatic heterocycles. The highest BCUT2D eigenvalue weighted by atomic mass is 16.5. The molecular weight excluding hydrogens is 364 g/mol. The summed E-state index contributed by atoms with van der Waals surface area (Å²) in [5.74, 6) is -0.697. The van der Waals surface area contributed by atoms with Crippen LogP contribution in [-0.4, -0.2) is 25.5 Å². The molecule has 5 heteroatoms. The zero-order chi connectivity index (χ0) is 20.5. The van der Waals surface area contributed by atoms with Crippen LogP contribution in [-0.2, 0) is 16.1 Å². The highest BCUT2D eigenvalue weighted by molar-refractivity contribution is 6.35. The second kappa shape index (κ2) is 10.1. The SMILES string of the molecule is COc1ccccc1CNC(=O)C(=O)NCC(c1ccccc1)c1ccccc1. The molecule has 0 radical (unpaired) electrons. The Morgan fingerprint density at radius 1 is 0.759 bits per heavy atom. The van der Waals surface area contributed by atoms with Gasteiger partial charge in [-0.05, 0) is 17.2 Å². The van der Waals surface area contributed by atoms with Crippen LogP contribution in [0.3, 0.4) is 0 Å². The van der Waals surface area contributed by atoms with Crippen LogP contribution in [0.5, 0.6) is 5.75 Å². The normalized spacial score (nSPS) is 10.4. The molecule has 2 N–H and O–H groups in total. The van der Waals surface area contributed by atoms with Gasteiger partial charge in [0.15, 0.2) is 0 Å². The van der Waals surface area contributed by atoms with Crippen molar-refractivity contribution in [3.63, 3.8) is 0 Å². The minimum atomic E-state index is -0.671. The molecule has 0 heterocycles. The Bertz CT molecular complexity index is 903. The lowest BCUT2D eigenvalue weighted by Crippen LogP contribution is -2.41. The number of amides is 2. The summed E-state index contributed by atoms with van der Waals surface area (Å²) in [6, 6.07) is 27.2. The fraction of sp³-hybridized carbons (Fsp3) is 0.167. The number of rotatable bonds is 7. The highest BCUT2D eigenvalue weighted by Crippen LogP contribution is 2.23. The third-order valence-corrected chi connectivity index (χ3v) is 4.71. The Kier molecular flexibility index (Phi) is 7.00. The molecule has 3 rings (SSSR count). The molecule has 0 saturated carbocycles. The number of para-hydroxylation sites is 1. The van der Waals surface area contributed by atoms with E-state index in [0.29, 0.717) is 12.3 Å². The van der Waals surface area contributed by atoms with Crippen LogP contribution in [0.1, 0.15) is 22.6 Å². The van der Waals surface area contributed by atoms with Gasteiger partial charge in [-0.25, -0.2) is 0 Å². The Balaban J connectivity index is 1.62. The fourth-order valence-corrected chi connectivity index (χ4v) is 3.18. The summed E-state index contributed by atoms with van der Waals surface area (Å²) >= 11 is 0. The predicted molar refractivity (Wildman–Crippen MR) is 113 cm³/mol. The maximum Gasteiger partial charge on any atom is 0.309 e. The van der Waals surface area contributed by atoms with Crippen LogP contribution < -0.4 is 15.4 Å². The maximum absolute atomic E-state index is 12.3. The first-order valence-corrected chi connectivity index (χ1v) is 9.47. The first-order valence-electron chi connectivity index (χ1n) is 9.47. The van der Waals surface area contributed by atoms with E-state index in [1.165, 1.54) is 0 Å². The van der Waals surface area contributed by atoms with Gasteiger partial charge in [0.1, 0.15) is 5.75 Å². The van der Waals surface area contributed by atoms with Crippen molar-refractivity contribution in [2.24, 2.45) is 0 Å². The Morgan fingerprint density at radius 3 is 1.86 bits per heavy atom. The lowest BCUT2D eigenvalue weighted by Gasteiger charge is -2.18. The van der Waals surface area contributed by atoms with Crippen LogP contribution in [0, 0.1) is 0 Å². The molecule has 0 aliphatic heterocycles. The topological polar surface area (TPSA) is 67.4 Å². The van der Waals surface area contributed by atoms with Crippen molar-refractivity contribution in [1.82, 2.24) is 10.6 Å². The van der Waals surface area contributed by atoms with E-state index >= 15 is 0 Å². The van der Waals surface area contributed by atoms with E-state index in [2.05, 4.69) is 10.6 Å². The quantitative estimate of drug-likeness (QED) is 0.611.